The first-order valence-corrected chi connectivity index (χ1v) is 5.37. The molecule has 1 atom stereocenters. The van der Waals surface area contributed by atoms with E-state index in [1.54, 1.807) is 6.92 Å². The summed E-state index contributed by atoms with van der Waals surface area (Å²) in [5, 5.41) is 16.2. The average molecular weight is 195 g/mol. The molecule has 0 aliphatic heterocycles. The smallest absolute Gasteiger partial charge is 0.178 e. The summed E-state index contributed by atoms with van der Waals surface area (Å²) < 4.78 is 0. The second-order valence-corrected chi connectivity index (χ2v) is 4.09. The van der Waals surface area contributed by atoms with E-state index < -0.39 is 6.10 Å². The Balaban J connectivity index is 2.07. The van der Waals surface area contributed by atoms with Gasteiger partial charge < -0.3 is 5.11 Å². The number of aliphatic hydroxyl groups is 1. The molecular formula is C10H17N3O. The number of rotatable bonds is 2. The molecule has 1 aromatic heterocycles. The van der Waals surface area contributed by atoms with Crippen LogP contribution in [0.3, 0.4) is 0 Å². The van der Waals surface area contributed by atoms with Gasteiger partial charge >= 0.3 is 0 Å². The van der Waals surface area contributed by atoms with E-state index in [9.17, 15) is 5.11 Å². The minimum Gasteiger partial charge on any atom is -0.385 e. The zero-order chi connectivity index (χ0) is 9.97. The van der Waals surface area contributed by atoms with E-state index in [0.29, 0.717) is 11.7 Å². The number of H-pyrrole nitrogens is 1. The first-order valence-electron chi connectivity index (χ1n) is 5.37. The predicted octanol–water partition coefficient (Wildman–Crippen LogP) is 1.91. The molecule has 4 nitrogen and oxygen atoms in total. The van der Waals surface area contributed by atoms with Gasteiger partial charge in [-0.25, -0.2) is 4.98 Å². The largest absolute Gasteiger partial charge is 0.385 e. The van der Waals surface area contributed by atoms with Crippen LogP contribution in [0.15, 0.2) is 0 Å². The normalized spacial score (nSPS) is 21.0. The van der Waals surface area contributed by atoms with Crippen LogP contribution in [0.1, 0.15) is 62.7 Å². The van der Waals surface area contributed by atoms with Crippen LogP contribution in [-0.4, -0.2) is 20.3 Å². The third-order valence-electron chi connectivity index (χ3n) is 2.89. The quantitative estimate of drug-likeness (QED) is 0.757. The predicted molar refractivity (Wildman–Crippen MR) is 52.8 cm³/mol. The molecule has 1 saturated carbocycles. The fraction of sp³-hybridized carbons (Fsp3) is 0.800. The number of nitrogens with one attached hydrogen (secondary N) is 1. The SMILES string of the molecule is CC(O)c1n[nH]c(C2CCCCC2)n1. The Labute approximate surface area is 83.8 Å². The molecule has 1 unspecified atom stereocenters. The number of hydrogen-bond acceptors (Lipinski definition) is 3. The molecule has 1 aliphatic rings. The molecule has 1 fully saturated rings. The van der Waals surface area contributed by atoms with E-state index in [-0.39, 0.29) is 0 Å². The van der Waals surface area contributed by atoms with Crippen molar-refractivity contribution in [3.8, 4) is 0 Å². The first kappa shape index (κ1) is 9.65. The highest BCUT2D eigenvalue weighted by atomic mass is 16.3. The fourth-order valence-corrected chi connectivity index (χ4v) is 2.03. The van der Waals surface area contributed by atoms with Gasteiger partial charge in [0.25, 0.3) is 0 Å². The monoisotopic (exact) mass is 195 g/mol. The minimum absolute atomic E-state index is 0.519. The van der Waals surface area contributed by atoms with Gasteiger partial charge in [0.1, 0.15) is 11.9 Å². The zero-order valence-corrected chi connectivity index (χ0v) is 8.53. The van der Waals surface area contributed by atoms with E-state index in [2.05, 4.69) is 15.2 Å². The van der Waals surface area contributed by atoms with Gasteiger partial charge in [-0.1, -0.05) is 19.3 Å². The van der Waals surface area contributed by atoms with Crippen molar-refractivity contribution in [1.29, 1.82) is 0 Å². The van der Waals surface area contributed by atoms with Crippen molar-refractivity contribution in [3.63, 3.8) is 0 Å². The Bertz CT molecular complexity index is 289. The van der Waals surface area contributed by atoms with Gasteiger partial charge in [0.2, 0.25) is 0 Å². The molecule has 0 radical (unpaired) electrons. The number of hydrogen-bond donors (Lipinski definition) is 2. The molecule has 2 rings (SSSR count). The number of aliphatic hydroxyl groups excluding tert-OH is 1. The summed E-state index contributed by atoms with van der Waals surface area (Å²) >= 11 is 0. The van der Waals surface area contributed by atoms with Gasteiger partial charge in [0.15, 0.2) is 5.82 Å². The van der Waals surface area contributed by atoms with Gasteiger partial charge in [-0.05, 0) is 19.8 Å². The van der Waals surface area contributed by atoms with E-state index >= 15 is 0 Å². The second-order valence-electron chi connectivity index (χ2n) is 4.09. The molecule has 1 heterocycles. The molecule has 0 amide bonds. The minimum atomic E-state index is -0.566. The Kier molecular flexibility index (Phi) is 2.82. The first-order chi connectivity index (χ1) is 6.77. The maximum atomic E-state index is 9.29. The van der Waals surface area contributed by atoms with Gasteiger partial charge in [-0.15, -0.1) is 0 Å². The van der Waals surface area contributed by atoms with E-state index in [1.807, 2.05) is 0 Å². The maximum Gasteiger partial charge on any atom is 0.178 e. The maximum absolute atomic E-state index is 9.29. The van der Waals surface area contributed by atoms with Crippen molar-refractivity contribution in [2.75, 3.05) is 0 Å². The molecule has 0 aromatic carbocycles. The lowest BCUT2D eigenvalue weighted by Crippen LogP contribution is -2.06. The lowest BCUT2D eigenvalue weighted by molar-refractivity contribution is 0.189. The molecule has 0 bridgehead atoms. The van der Waals surface area contributed by atoms with Crippen LogP contribution in [0, 0.1) is 0 Å². The molecule has 0 spiro atoms. The summed E-state index contributed by atoms with van der Waals surface area (Å²) in [5.41, 5.74) is 0. The van der Waals surface area contributed by atoms with E-state index in [0.717, 1.165) is 5.82 Å². The zero-order valence-electron chi connectivity index (χ0n) is 8.53. The van der Waals surface area contributed by atoms with Crippen LogP contribution >= 0.6 is 0 Å². The van der Waals surface area contributed by atoms with Crippen LogP contribution in [0.4, 0.5) is 0 Å². The van der Waals surface area contributed by atoms with Gasteiger partial charge in [-0.2, -0.15) is 5.10 Å². The molecule has 78 valence electrons. The third kappa shape index (κ3) is 1.95. The highest BCUT2D eigenvalue weighted by Gasteiger charge is 2.19. The van der Waals surface area contributed by atoms with Crippen LogP contribution in [0.2, 0.25) is 0 Å². The number of aromatic nitrogens is 3. The Hall–Kier alpha value is -0.900. The fourth-order valence-electron chi connectivity index (χ4n) is 2.03. The summed E-state index contributed by atoms with van der Waals surface area (Å²) in [5.74, 6) is 2.01. The van der Waals surface area contributed by atoms with Crippen molar-refractivity contribution in [2.45, 2.75) is 51.0 Å². The van der Waals surface area contributed by atoms with Gasteiger partial charge in [0.05, 0.1) is 0 Å². The summed E-state index contributed by atoms with van der Waals surface area (Å²) in [6, 6.07) is 0. The summed E-state index contributed by atoms with van der Waals surface area (Å²) in [4.78, 5) is 4.32. The summed E-state index contributed by atoms with van der Waals surface area (Å²) in [6.45, 7) is 1.69. The highest BCUT2D eigenvalue weighted by molar-refractivity contribution is 5.00. The van der Waals surface area contributed by atoms with Crippen molar-refractivity contribution < 1.29 is 5.11 Å². The average Bonchev–Trinajstić information content (AvgIpc) is 2.68. The topological polar surface area (TPSA) is 61.8 Å². The van der Waals surface area contributed by atoms with Gasteiger partial charge in [0, 0.05) is 5.92 Å². The van der Waals surface area contributed by atoms with E-state index in [1.165, 1.54) is 32.1 Å². The van der Waals surface area contributed by atoms with Crippen LogP contribution in [0.25, 0.3) is 0 Å². The van der Waals surface area contributed by atoms with Crippen LogP contribution in [0.5, 0.6) is 0 Å². The molecule has 0 saturated heterocycles. The van der Waals surface area contributed by atoms with Crippen LogP contribution in [-0.2, 0) is 0 Å². The second kappa shape index (κ2) is 4.09. The lowest BCUT2D eigenvalue weighted by atomic mass is 9.89. The van der Waals surface area contributed by atoms with Crippen molar-refractivity contribution in [2.24, 2.45) is 0 Å². The number of nitrogens with zero attached hydrogens (tertiary/aromatic N) is 2. The Morgan fingerprint density at radius 1 is 1.36 bits per heavy atom. The third-order valence-corrected chi connectivity index (χ3v) is 2.89. The van der Waals surface area contributed by atoms with Crippen molar-refractivity contribution in [3.05, 3.63) is 11.6 Å². The van der Waals surface area contributed by atoms with Crippen LogP contribution < -0.4 is 0 Å². The highest BCUT2D eigenvalue weighted by Crippen LogP contribution is 2.30. The molecule has 1 aromatic rings. The molecule has 4 heteroatoms. The summed E-state index contributed by atoms with van der Waals surface area (Å²) in [7, 11) is 0. The van der Waals surface area contributed by atoms with Crippen molar-refractivity contribution >= 4 is 0 Å². The van der Waals surface area contributed by atoms with Gasteiger partial charge in [-0.3, -0.25) is 5.10 Å². The number of aromatic amines is 1. The van der Waals surface area contributed by atoms with Crippen molar-refractivity contribution in [1.82, 2.24) is 15.2 Å². The molecule has 1 aliphatic carbocycles. The Morgan fingerprint density at radius 2 is 2.07 bits per heavy atom. The Morgan fingerprint density at radius 3 is 2.64 bits per heavy atom. The standard InChI is InChI=1S/C10H17N3O/c1-7(14)9-11-10(13-12-9)8-5-3-2-4-6-8/h7-8,14H,2-6H2,1H3,(H,11,12,13). The molecule has 2 N–H and O–H groups in total. The molecular weight excluding hydrogens is 178 g/mol. The lowest BCUT2D eigenvalue weighted by Gasteiger charge is -2.18. The van der Waals surface area contributed by atoms with E-state index in [4.69, 9.17) is 0 Å². The molecule has 14 heavy (non-hydrogen) atoms. The summed E-state index contributed by atoms with van der Waals surface area (Å²) in [6.07, 6.45) is 5.75.